The van der Waals surface area contributed by atoms with Gasteiger partial charge in [-0.15, -0.1) is 11.3 Å². The van der Waals surface area contributed by atoms with E-state index in [1.54, 1.807) is 16.8 Å². The predicted molar refractivity (Wildman–Crippen MR) is 156 cm³/mol. The Morgan fingerprint density at radius 2 is 2.14 bits per heavy atom. The second-order valence-corrected chi connectivity index (χ2v) is 18.1. The van der Waals surface area contributed by atoms with Crippen molar-refractivity contribution in [1.29, 1.82) is 5.26 Å². The van der Waals surface area contributed by atoms with Gasteiger partial charge in [-0.1, -0.05) is 19.6 Å². The molecule has 0 radical (unpaired) electrons. The van der Waals surface area contributed by atoms with Gasteiger partial charge in [-0.25, -0.2) is 23.2 Å². The number of nitrogens with zero attached hydrogens (tertiary/aromatic N) is 5. The van der Waals surface area contributed by atoms with E-state index in [1.165, 1.54) is 16.0 Å². The van der Waals surface area contributed by atoms with Crippen molar-refractivity contribution in [2.75, 3.05) is 19.8 Å². The molecule has 5 heterocycles. The summed E-state index contributed by atoms with van der Waals surface area (Å²) >= 11 is 1.32. The molecule has 0 spiro atoms. The maximum absolute atomic E-state index is 14.7. The van der Waals surface area contributed by atoms with E-state index in [-0.39, 0.29) is 31.3 Å². The molecule has 0 saturated carbocycles. The number of hydrogen-bond donors (Lipinski definition) is 1. The van der Waals surface area contributed by atoms with Crippen LogP contribution < -0.4 is 4.74 Å². The highest BCUT2D eigenvalue weighted by atomic mass is 32.1. The van der Waals surface area contributed by atoms with E-state index in [0.717, 1.165) is 10.9 Å². The Balaban J connectivity index is 1.73. The van der Waals surface area contributed by atoms with E-state index >= 15 is 0 Å². The van der Waals surface area contributed by atoms with Gasteiger partial charge in [0.15, 0.2) is 0 Å². The van der Waals surface area contributed by atoms with Gasteiger partial charge in [0, 0.05) is 42.3 Å². The number of ether oxygens (including phenoxy) is 3. The van der Waals surface area contributed by atoms with Gasteiger partial charge in [0.25, 0.3) is 6.43 Å². The van der Waals surface area contributed by atoms with Crippen LogP contribution in [0.3, 0.4) is 0 Å². The topological polar surface area (TPSA) is 124 Å². The van der Waals surface area contributed by atoms with Crippen LogP contribution >= 0.6 is 11.3 Å². The molecule has 4 aromatic heterocycles. The Morgan fingerprint density at radius 1 is 1.36 bits per heavy atom. The fraction of sp³-hybridized carbons (Fsp3) is 0.429. The minimum atomic E-state index is -2.96. The monoisotopic (exact) mass is 615 g/mol. The lowest BCUT2D eigenvalue weighted by molar-refractivity contribution is -0.146. The minimum Gasteiger partial charge on any atom is -0.480 e. The normalized spacial score (nSPS) is 15.1. The summed E-state index contributed by atoms with van der Waals surface area (Å²) in [7, 11) is -1.40. The number of pyridine rings is 1. The van der Waals surface area contributed by atoms with Gasteiger partial charge in [0.05, 0.1) is 17.8 Å². The lowest BCUT2D eigenvalue weighted by Crippen LogP contribution is -2.34. The van der Waals surface area contributed by atoms with Gasteiger partial charge in [-0.2, -0.15) is 10.4 Å². The molecule has 0 aliphatic carbocycles. The molecule has 1 aliphatic rings. The summed E-state index contributed by atoms with van der Waals surface area (Å²) < 4.78 is 50.0. The lowest BCUT2D eigenvalue weighted by atomic mass is 9.98. The Bertz CT molecular complexity index is 1670. The molecule has 42 heavy (non-hydrogen) atoms. The fourth-order valence-corrected chi connectivity index (χ4v) is 6.54. The average molecular weight is 616 g/mol. The van der Waals surface area contributed by atoms with Gasteiger partial charge in [-0.3, -0.25) is 0 Å². The summed E-state index contributed by atoms with van der Waals surface area (Å²) in [5.74, 6) is -1.04. The first-order valence-corrected chi connectivity index (χ1v) is 17.9. The maximum Gasteiger partial charge on any atom is 0.329 e. The van der Waals surface area contributed by atoms with Crippen LogP contribution in [-0.2, 0) is 27.5 Å². The Kier molecular flexibility index (Phi) is 8.47. The molecule has 1 N–H and O–H groups in total. The molecule has 0 unspecified atom stereocenters. The van der Waals surface area contributed by atoms with Crippen molar-refractivity contribution in [3.05, 3.63) is 39.8 Å². The molecule has 0 saturated heterocycles. The Morgan fingerprint density at radius 3 is 2.83 bits per heavy atom. The van der Waals surface area contributed by atoms with Crippen LogP contribution in [0.1, 0.15) is 21.9 Å². The largest absolute Gasteiger partial charge is 0.480 e. The number of nitriles is 1. The third-order valence-corrected chi connectivity index (χ3v) is 9.52. The van der Waals surface area contributed by atoms with Crippen molar-refractivity contribution < 1.29 is 32.9 Å². The molecule has 1 aliphatic heterocycles. The highest BCUT2D eigenvalue weighted by Gasteiger charge is 2.36. The fourth-order valence-electron chi connectivity index (χ4n) is 4.97. The number of aromatic nitrogens is 4. The van der Waals surface area contributed by atoms with Crippen LogP contribution in [0.25, 0.3) is 33.4 Å². The van der Waals surface area contributed by atoms with Crippen LogP contribution in [0.4, 0.5) is 8.78 Å². The molecule has 0 aromatic carbocycles. The van der Waals surface area contributed by atoms with Gasteiger partial charge in [-0.05, 0) is 31.2 Å². The second kappa shape index (κ2) is 11.9. The molecule has 5 rings (SSSR count). The molecular formula is C28H31F2N5O5SSi. The van der Waals surface area contributed by atoms with Gasteiger partial charge in [0.2, 0.25) is 5.88 Å². The smallest absolute Gasteiger partial charge is 0.329 e. The predicted octanol–water partition coefficient (Wildman–Crippen LogP) is 5.92. The van der Waals surface area contributed by atoms with Crippen molar-refractivity contribution in [3.8, 4) is 34.3 Å². The number of hydrogen-bond acceptors (Lipinski definition) is 8. The van der Waals surface area contributed by atoms with Gasteiger partial charge in [0.1, 0.15) is 48.3 Å². The molecular weight excluding hydrogens is 584 g/mol. The van der Waals surface area contributed by atoms with Gasteiger partial charge >= 0.3 is 5.97 Å². The minimum absolute atomic E-state index is 0.0316. The number of fused-ring (bicyclic) bond motifs is 2. The summed E-state index contributed by atoms with van der Waals surface area (Å²) in [5, 5.41) is 23.9. The highest BCUT2D eigenvalue weighted by Crippen LogP contribution is 2.49. The molecule has 0 amide bonds. The van der Waals surface area contributed by atoms with Crippen molar-refractivity contribution in [2.24, 2.45) is 0 Å². The van der Waals surface area contributed by atoms with E-state index in [9.17, 15) is 18.8 Å². The molecule has 0 bridgehead atoms. The number of aliphatic carboxylic acids is 1. The van der Waals surface area contributed by atoms with Crippen molar-refractivity contribution in [2.45, 2.75) is 58.4 Å². The first-order chi connectivity index (χ1) is 20.0. The Hall–Kier alpha value is -3.64. The second-order valence-electron chi connectivity index (χ2n) is 11.3. The van der Waals surface area contributed by atoms with E-state index in [4.69, 9.17) is 19.3 Å². The molecule has 1 atom stereocenters. The SMILES string of the molecule is Cc1cc(-c2c(-c3c(C(F)F)nn4c3OC[C@@H](OCC(=O)O)C4)n(COCC[Si](C)(C)C)c3ncccc23)c(C#N)s1. The van der Waals surface area contributed by atoms with E-state index in [0.29, 0.717) is 39.3 Å². The average Bonchev–Trinajstić information content (AvgIpc) is 3.59. The number of carboxylic acid groups (broad SMARTS) is 1. The molecule has 0 fully saturated rings. The number of rotatable bonds is 11. The summed E-state index contributed by atoms with van der Waals surface area (Å²) in [6, 6.07) is 8.66. The molecule has 222 valence electrons. The first-order valence-electron chi connectivity index (χ1n) is 13.4. The zero-order valence-electron chi connectivity index (χ0n) is 23.7. The number of alkyl halides is 2. The summed E-state index contributed by atoms with van der Waals surface area (Å²) in [6.07, 6.45) is -2.02. The van der Waals surface area contributed by atoms with Crippen molar-refractivity contribution >= 4 is 36.4 Å². The number of carbonyl (C=O) groups is 1. The van der Waals surface area contributed by atoms with E-state index < -0.39 is 38.9 Å². The van der Waals surface area contributed by atoms with Crippen LogP contribution in [-0.4, -0.2) is 64.4 Å². The van der Waals surface area contributed by atoms with Gasteiger partial charge < -0.3 is 23.9 Å². The van der Waals surface area contributed by atoms with Crippen LogP contribution in [0, 0.1) is 18.3 Å². The quantitative estimate of drug-likeness (QED) is 0.163. The number of carboxylic acids is 1. The summed E-state index contributed by atoms with van der Waals surface area (Å²) in [6.45, 7) is 8.58. The number of aryl methyl sites for hydroxylation is 1. The van der Waals surface area contributed by atoms with Crippen molar-refractivity contribution in [3.63, 3.8) is 0 Å². The van der Waals surface area contributed by atoms with Crippen LogP contribution in [0.2, 0.25) is 25.7 Å². The number of halogens is 2. The molecule has 4 aromatic rings. The maximum atomic E-state index is 14.7. The highest BCUT2D eigenvalue weighted by molar-refractivity contribution is 7.13. The van der Waals surface area contributed by atoms with Crippen molar-refractivity contribution in [1.82, 2.24) is 19.3 Å². The van der Waals surface area contributed by atoms with Crippen LogP contribution in [0.5, 0.6) is 5.88 Å². The standard InChI is InChI=1S/C28H31F2N5O5SSi/c1-16-10-19(20(11-31)41-16)22-18-6-5-7-32-27(18)34(15-38-8-9-42(2,3)4)25(22)23-24(26(29)30)33-35-12-17(13-40-28(23)35)39-14-21(36)37/h5-7,10,17,26H,8-9,12-15H2,1-4H3,(H,36,37)/t17-/m0/s1. The first kappa shape index (κ1) is 29.8. The third-order valence-electron chi connectivity index (χ3n) is 6.86. The zero-order chi connectivity index (χ0) is 30.2. The zero-order valence-corrected chi connectivity index (χ0v) is 25.5. The molecule has 14 heteroatoms. The molecule has 10 nitrogen and oxygen atoms in total. The lowest BCUT2D eigenvalue weighted by Gasteiger charge is -2.24. The summed E-state index contributed by atoms with van der Waals surface area (Å²) in [5.41, 5.74) is 1.64. The number of thiophene rings is 1. The third kappa shape index (κ3) is 5.96. The Labute approximate surface area is 246 Å². The van der Waals surface area contributed by atoms with Crippen LogP contribution in [0.15, 0.2) is 24.4 Å². The van der Waals surface area contributed by atoms with E-state index in [2.05, 4.69) is 35.8 Å². The van der Waals surface area contributed by atoms with E-state index in [1.807, 2.05) is 19.1 Å². The summed E-state index contributed by atoms with van der Waals surface area (Å²) in [4.78, 5) is 16.9.